The molecule has 0 amide bonds. The number of hydrogen-bond acceptors (Lipinski definition) is 2. The minimum Gasteiger partial charge on any atom is -0.508 e. The number of phenolic OH excluding ortho intramolecular Hbond substituents is 1. The Morgan fingerprint density at radius 1 is 0.900 bits per heavy atom. The standard InChI is InChI=1S/C17H13FO2/c18-15-3-1-2-12(8-15)11-20-17-7-5-13-4-6-16(19)9-14(13)10-17/h1-10,19H,11H2. The predicted molar refractivity (Wildman–Crippen MR) is 76.3 cm³/mol. The lowest BCUT2D eigenvalue weighted by atomic mass is 10.1. The number of fused-ring (bicyclic) bond motifs is 1. The highest BCUT2D eigenvalue weighted by Gasteiger charge is 2.00. The Morgan fingerprint density at radius 2 is 1.75 bits per heavy atom. The van der Waals surface area contributed by atoms with Gasteiger partial charge in [0.05, 0.1) is 0 Å². The van der Waals surface area contributed by atoms with Crippen LogP contribution in [-0.2, 0) is 6.61 Å². The molecule has 3 heteroatoms. The van der Waals surface area contributed by atoms with Crippen molar-refractivity contribution in [3.63, 3.8) is 0 Å². The Balaban J connectivity index is 1.80. The van der Waals surface area contributed by atoms with E-state index in [9.17, 15) is 9.50 Å². The highest BCUT2D eigenvalue weighted by atomic mass is 19.1. The molecule has 0 bridgehead atoms. The van der Waals surface area contributed by atoms with Gasteiger partial charge in [0.1, 0.15) is 23.9 Å². The average Bonchev–Trinajstić information content (AvgIpc) is 2.45. The minimum absolute atomic E-state index is 0.222. The normalized spacial score (nSPS) is 10.7. The van der Waals surface area contributed by atoms with E-state index in [0.717, 1.165) is 16.3 Å². The molecular weight excluding hydrogens is 255 g/mol. The molecule has 0 spiro atoms. The molecular formula is C17H13FO2. The third-order valence-corrected chi connectivity index (χ3v) is 3.09. The summed E-state index contributed by atoms with van der Waals surface area (Å²) in [5, 5.41) is 11.4. The summed E-state index contributed by atoms with van der Waals surface area (Å²) in [7, 11) is 0. The molecule has 100 valence electrons. The monoisotopic (exact) mass is 268 g/mol. The van der Waals surface area contributed by atoms with Crippen molar-refractivity contribution in [3.8, 4) is 11.5 Å². The fourth-order valence-electron chi connectivity index (χ4n) is 2.10. The molecule has 0 atom stereocenters. The van der Waals surface area contributed by atoms with Crippen molar-refractivity contribution in [2.45, 2.75) is 6.61 Å². The molecule has 3 rings (SSSR count). The molecule has 0 saturated carbocycles. The van der Waals surface area contributed by atoms with Crippen LogP contribution in [0, 0.1) is 5.82 Å². The molecule has 2 nitrogen and oxygen atoms in total. The van der Waals surface area contributed by atoms with Gasteiger partial charge >= 0.3 is 0 Å². The second-order valence-electron chi connectivity index (χ2n) is 4.61. The maximum absolute atomic E-state index is 13.1. The van der Waals surface area contributed by atoms with E-state index in [0.29, 0.717) is 12.4 Å². The Hall–Kier alpha value is -2.55. The summed E-state index contributed by atoms with van der Waals surface area (Å²) >= 11 is 0. The first-order chi connectivity index (χ1) is 9.70. The number of hydrogen-bond donors (Lipinski definition) is 1. The molecule has 1 N–H and O–H groups in total. The van der Waals surface area contributed by atoms with Crippen LogP contribution in [0.3, 0.4) is 0 Å². The Kier molecular flexibility index (Phi) is 3.25. The van der Waals surface area contributed by atoms with Crippen LogP contribution < -0.4 is 4.74 Å². The molecule has 0 radical (unpaired) electrons. The van der Waals surface area contributed by atoms with E-state index in [1.165, 1.54) is 12.1 Å². The van der Waals surface area contributed by atoms with Gasteiger partial charge in [-0.15, -0.1) is 0 Å². The van der Waals surface area contributed by atoms with Crippen LogP contribution in [0.25, 0.3) is 10.8 Å². The quantitative estimate of drug-likeness (QED) is 0.769. The summed E-state index contributed by atoms with van der Waals surface area (Å²) in [5.74, 6) is 0.640. The smallest absolute Gasteiger partial charge is 0.123 e. The summed E-state index contributed by atoms with van der Waals surface area (Å²) in [6.07, 6.45) is 0. The lowest BCUT2D eigenvalue weighted by Crippen LogP contribution is -1.95. The van der Waals surface area contributed by atoms with Crippen molar-refractivity contribution in [2.75, 3.05) is 0 Å². The second-order valence-corrected chi connectivity index (χ2v) is 4.61. The lowest BCUT2D eigenvalue weighted by Gasteiger charge is -2.08. The number of phenols is 1. The molecule has 3 aromatic carbocycles. The maximum atomic E-state index is 13.1. The SMILES string of the molecule is Oc1ccc2ccc(OCc3cccc(F)c3)cc2c1. The van der Waals surface area contributed by atoms with Crippen molar-refractivity contribution < 1.29 is 14.2 Å². The summed E-state index contributed by atoms with van der Waals surface area (Å²) in [6.45, 7) is 0.308. The predicted octanol–water partition coefficient (Wildman–Crippen LogP) is 4.26. The zero-order chi connectivity index (χ0) is 13.9. The maximum Gasteiger partial charge on any atom is 0.123 e. The third-order valence-electron chi connectivity index (χ3n) is 3.09. The van der Waals surface area contributed by atoms with E-state index in [2.05, 4.69) is 0 Å². The van der Waals surface area contributed by atoms with Gasteiger partial charge in [-0.05, 0) is 52.7 Å². The van der Waals surface area contributed by atoms with Crippen molar-refractivity contribution >= 4 is 10.8 Å². The van der Waals surface area contributed by atoms with E-state index in [1.807, 2.05) is 30.3 Å². The van der Waals surface area contributed by atoms with E-state index < -0.39 is 0 Å². The fraction of sp³-hybridized carbons (Fsp3) is 0.0588. The first-order valence-corrected chi connectivity index (χ1v) is 6.31. The third kappa shape index (κ3) is 2.72. The minimum atomic E-state index is -0.269. The first kappa shape index (κ1) is 12.5. The van der Waals surface area contributed by atoms with Crippen molar-refractivity contribution in [2.24, 2.45) is 0 Å². The molecule has 0 fully saturated rings. The zero-order valence-electron chi connectivity index (χ0n) is 10.7. The van der Waals surface area contributed by atoms with Crippen LogP contribution in [0.15, 0.2) is 60.7 Å². The molecule has 0 aromatic heterocycles. The zero-order valence-corrected chi connectivity index (χ0v) is 10.7. The molecule has 0 aliphatic carbocycles. The molecule has 0 unspecified atom stereocenters. The highest BCUT2D eigenvalue weighted by Crippen LogP contribution is 2.24. The number of halogens is 1. The van der Waals surface area contributed by atoms with Crippen molar-refractivity contribution in [1.29, 1.82) is 0 Å². The van der Waals surface area contributed by atoms with Gasteiger partial charge in [-0.2, -0.15) is 0 Å². The largest absolute Gasteiger partial charge is 0.508 e. The van der Waals surface area contributed by atoms with E-state index in [-0.39, 0.29) is 11.6 Å². The van der Waals surface area contributed by atoms with Crippen LogP contribution in [0.2, 0.25) is 0 Å². The van der Waals surface area contributed by atoms with E-state index in [1.54, 1.807) is 18.2 Å². The van der Waals surface area contributed by atoms with Gasteiger partial charge in [0.25, 0.3) is 0 Å². The van der Waals surface area contributed by atoms with Crippen LogP contribution >= 0.6 is 0 Å². The van der Waals surface area contributed by atoms with Crippen LogP contribution in [-0.4, -0.2) is 5.11 Å². The summed E-state index contributed by atoms with van der Waals surface area (Å²) < 4.78 is 18.7. The Bertz CT molecular complexity index is 753. The Morgan fingerprint density at radius 3 is 2.60 bits per heavy atom. The van der Waals surface area contributed by atoms with Gasteiger partial charge in [0, 0.05) is 0 Å². The molecule has 0 heterocycles. The van der Waals surface area contributed by atoms with Crippen molar-refractivity contribution in [3.05, 3.63) is 72.0 Å². The summed E-state index contributed by atoms with van der Waals surface area (Å²) in [5.41, 5.74) is 0.779. The number of rotatable bonds is 3. The van der Waals surface area contributed by atoms with Gasteiger partial charge in [-0.3, -0.25) is 0 Å². The van der Waals surface area contributed by atoms with Gasteiger partial charge in [0.15, 0.2) is 0 Å². The van der Waals surface area contributed by atoms with Crippen LogP contribution in [0.1, 0.15) is 5.56 Å². The molecule has 0 saturated heterocycles. The van der Waals surface area contributed by atoms with Gasteiger partial charge in [0.2, 0.25) is 0 Å². The van der Waals surface area contributed by atoms with Crippen LogP contribution in [0.4, 0.5) is 4.39 Å². The topological polar surface area (TPSA) is 29.5 Å². The van der Waals surface area contributed by atoms with E-state index >= 15 is 0 Å². The van der Waals surface area contributed by atoms with Gasteiger partial charge in [-0.1, -0.05) is 24.3 Å². The lowest BCUT2D eigenvalue weighted by molar-refractivity contribution is 0.306. The fourth-order valence-corrected chi connectivity index (χ4v) is 2.10. The van der Waals surface area contributed by atoms with E-state index in [4.69, 9.17) is 4.74 Å². The average molecular weight is 268 g/mol. The second kappa shape index (κ2) is 5.21. The molecule has 3 aromatic rings. The van der Waals surface area contributed by atoms with Crippen LogP contribution in [0.5, 0.6) is 11.5 Å². The molecule has 20 heavy (non-hydrogen) atoms. The first-order valence-electron chi connectivity index (χ1n) is 6.31. The summed E-state index contributed by atoms with van der Waals surface area (Å²) in [6, 6.07) is 17.2. The molecule has 0 aliphatic rings. The van der Waals surface area contributed by atoms with Gasteiger partial charge < -0.3 is 9.84 Å². The number of aromatic hydroxyl groups is 1. The van der Waals surface area contributed by atoms with Crippen molar-refractivity contribution in [1.82, 2.24) is 0 Å². The Labute approximate surface area is 116 Å². The summed E-state index contributed by atoms with van der Waals surface area (Å²) in [4.78, 5) is 0. The number of ether oxygens (including phenoxy) is 1. The van der Waals surface area contributed by atoms with Gasteiger partial charge in [-0.25, -0.2) is 4.39 Å². The highest BCUT2D eigenvalue weighted by molar-refractivity contribution is 5.85. The molecule has 0 aliphatic heterocycles. The number of benzene rings is 3.